The Bertz CT molecular complexity index is 508. The summed E-state index contributed by atoms with van der Waals surface area (Å²) in [6, 6.07) is 10.1. The summed E-state index contributed by atoms with van der Waals surface area (Å²) in [6.45, 7) is 6.62. The summed E-state index contributed by atoms with van der Waals surface area (Å²) in [4.78, 5) is 0. The topological polar surface area (TPSA) is 39.1 Å². The maximum atomic E-state index is 5.62. The smallest absolute Gasteiger partial charge is 0.121 e. The van der Waals surface area contributed by atoms with E-state index in [9.17, 15) is 0 Å². The van der Waals surface area contributed by atoms with Crippen LogP contribution in [0, 0.1) is 0 Å². The van der Waals surface area contributed by atoms with E-state index >= 15 is 0 Å². The van der Waals surface area contributed by atoms with Gasteiger partial charge in [0.15, 0.2) is 0 Å². The molecule has 2 rings (SSSR count). The standard InChI is InChI=1S/C15H21N3O/c1-3-10-19-15-7-5-6-13(11-15)16-12-14-8-9-17-18(14)4-2/h5-9,11,16H,3-4,10,12H2,1-2H3. The van der Waals surface area contributed by atoms with Crippen LogP contribution < -0.4 is 10.1 Å². The number of ether oxygens (including phenoxy) is 1. The number of aryl methyl sites for hydroxylation is 1. The summed E-state index contributed by atoms with van der Waals surface area (Å²) >= 11 is 0. The van der Waals surface area contributed by atoms with E-state index in [-0.39, 0.29) is 0 Å². The maximum absolute atomic E-state index is 5.62. The summed E-state index contributed by atoms with van der Waals surface area (Å²) in [7, 11) is 0. The lowest BCUT2D eigenvalue weighted by Gasteiger charge is -2.10. The third-order valence-electron chi connectivity index (χ3n) is 2.88. The second-order valence-corrected chi connectivity index (χ2v) is 4.37. The fourth-order valence-corrected chi connectivity index (χ4v) is 1.90. The summed E-state index contributed by atoms with van der Waals surface area (Å²) in [6.07, 6.45) is 2.86. The van der Waals surface area contributed by atoms with Gasteiger partial charge in [-0.15, -0.1) is 0 Å². The molecular formula is C15H21N3O. The number of rotatable bonds is 7. The van der Waals surface area contributed by atoms with Gasteiger partial charge in [-0.1, -0.05) is 13.0 Å². The monoisotopic (exact) mass is 259 g/mol. The average Bonchev–Trinajstić information content (AvgIpc) is 2.91. The Kier molecular flexibility index (Phi) is 4.84. The first-order valence-corrected chi connectivity index (χ1v) is 6.81. The molecule has 0 fully saturated rings. The Morgan fingerprint density at radius 3 is 2.95 bits per heavy atom. The molecule has 1 heterocycles. The lowest BCUT2D eigenvalue weighted by molar-refractivity contribution is 0.317. The quantitative estimate of drug-likeness (QED) is 0.829. The van der Waals surface area contributed by atoms with Crippen molar-refractivity contribution in [3.8, 4) is 5.75 Å². The molecule has 2 aromatic rings. The predicted octanol–water partition coefficient (Wildman–Crippen LogP) is 3.30. The SMILES string of the molecule is CCCOc1cccc(NCc2ccnn2CC)c1. The first-order valence-electron chi connectivity index (χ1n) is 6.81. The third-order valence-corrected chi connectivity index (χ3v) is 2.88. The van der Waals surface area contributed by atoms with Crippen molar-refractivity contribution in [3.05, 3.63) is 42.2 Å². The first kappa shape index (κ1) is 13.5. The summed E-state index contributed by atoms with van der Waals surface area (Å²) in [5, 5.41) is 7.65. The molecule has 0 atom stereocenters. The minimum atomic E-state index is 0.756. The molecule has 19 heavy (non-hydrogen) atoms. The molecule has 0 radical (unpaired) electrons. The van der Waals surface area contributed by atoms with E-state index in [2.05, 4.69) is 24.3 Å². The van der Waals surface area contributed by atoms with Crippen molar-refractivity contribution >= 4 is 5.69 Å². The second kappa shape index (κ2) is 6.83. The van der Waals surface area contributed by atoms with E-state index in [0.717, 1.165) is 37.6 Å². The summed E-state index contributed by atoms with van der Waals surface area (Å²) < 4.78 is 7.61. The number of aromatic nitrogens is 2. The zero-order chi connectivity index (χ0) is 13.5. The molecule has 102 valence electrons. The van der Waals surface area contributed by atoms with E-state index in [1.54, 1.807) is 0 Å². The molecular weight excluding hydrogens is 238 g/mol. The van der Waals surface area contributed by atoms with Crippen LogP contribution in [0.15, 0.2) is 36.5 Å². The third kappa shape index (κ3) is 3.74. The number of hydrogen-bond donors (Lipinski definition) is 1. The second-order valence-electron chi connectivity index (χ2n) is 4.37. The molecule has 0 bridgehead atoms. The Balaban J connectivity index is 1.95. The van der Waals surface area contributed by atoms with E-state index in [1.807, 2.05) is 41.2 Å². The van der Waals surface area contributed by atoms with Crippen molar-refractivity contribution in [2.45, 2.75) is 33.4 Å². The Labute approximate surface area is 114 Å². The largest absolute Gasteiger partial charge is 0.494 e. The molecule has 4 nitrogen and oxygen atoms in total. The highest BCUT2D eigenvalue weighted by Crippen LogP contribution is 2.18. The van der Waals surface area contributed by atoms with Crippen molar-refractivity contribution in [2.75, 3.05) is 11.9 Å². The average molecular weight is 259 g/mol. The fraction of sp³-hybridized carbons (Fsp3) is 0.400. The van der Waals surface area contributed by atoms with Gasteiger partial charge >= 0.3 is 0 Å². The molecule has 0 spiro atoms. The van der Waals surface area contributed by atoms with Crippen LogP contribution in [0.1, 0.15) is 26.0 Å². The molecule has 0 saturated heterocycles. The van der Waals surface area contributed by atoms with E-state index < -0.39 is 0 Å². The molecule has 1 aromatic heterocycles. The number of nitrogens with one attached hydrogen (secondary N) is 1. The van der Waals surface area contributed by atoms with Crippen LogP contribution in [-0.4, -0.2) is 16.4 Å². The van der Waals surface area contributed by atoms with Gasteiger partial charge in [-0.2, -0.15) is 5.10 Å². The van der Waals surface area contributed by atoms with Crippen molar-refractivity contribution in [2.24, 2.45) is 0 Å². The van der Waals surface area contributed by atoms with Gasteiger partial charge in [-0.3, -0.25) is 4.68 Å². The lowest BCUT2D eigenvalue weighted by atomic mass is 10.3. The van der Waals surface area contributed by atoms with Crippen LogP contribution in [0.25, 0.3) is 0 Å². The van der Waals surface area contributed by atoms with Gasteiger partial charge < -0.3 is 10.1 Å². The Morgan fingerprint density at radius 1 is 1.26 bits per heavy atom. The highest BCUT2D eigenvalue weighted by atomic mass is 16.5. The van der Waals surface area contributed by atoms with Gasteiger partial charge in [0, 0.05) is 24.5 Å². The Morgan fingerprint density at radius 2 is 2.16 bits per heavy atom. The molecule has 0 aliphatic rings. The van der Waals surface area contributed by atoms with Gasteiger partial charge in [-0.05, 0) is 31.5 Å². The lowest BCUT2D eigenvalue weighted by Crippen LogP contribution is -2.07. The van der Waals surface area contributed by atoms with Crippen LogP contribution in [0.5, 0.6) is 5.75 Å². The number of nitrogens with zero attached hydrogens (tertiary/aromatic N) is 2. The fourth-order valence-electron chi connectivity index (χ4n) is 1.90. The normalized spacial score (nSPS) is 10.4. The first-order chi connectivity index (χ1) is 9.33. The van der Waals surface area contributed by atoms with Crippen LogP contribution in [0.4, 0.5) is 5.69 Å². The summed E-state index contributed by atoms with van der Waals surface area (Å²) in [5.74, 6) is 0.913. The highest BCUT2D eigenvalue weighted by Gasteiger charge is 2.01. The molecule has 0 aliphatic heterocycles. The van der Waals surface area contributed by atoms with Crippen molar-refractivity contribution < 1.29 is 4.74 Å². The van der Waals surface area contributed by atoms with E-state index in [1.165, 1.54) is 5.69 Å². The van der Waals surface area contributed by atoms with Gasteiger partial charge in [0.2, 0.25) is 0 Å². The van der Waals surface area contributed by atoms with Crippen LogP contribution in [-0.2, 0) is 13.1 Å². The Hall–Kier alpha value is -1.97. The highest BCUT2D eigenvalue weighted by molar-refractivity contribution is 5.48. The van der Waals surface area contributed by atoms with Gasteiger partial charge in [-0.25, -0.2) is 0 Å². The molecule has 1 N–H and O–H groups in total. The molecule has 0 unspecified atom stereocenters. The predicted molar refractivity (Wildman–Crippen MR) is 77.5 cm³/mol. The van der Waals surface area contributed by atoms with Crippen molar-refractivity contribution in [1.82, 2.24) is 9.78 Å². The number of hydrogen-bond acceptors (Lipinski definition) is 3. The van der Waals surface area contributed by atoms with Crippen molar-refractivity contribution in [1.29, 1.82) is 0 Å². The zero-order valence-electron chi connectivity index (χ0n) is 11.6. The van der Waals surface area contributed by atoms with Gasteiger partial charge in [0.25, 0.3) is 0 Å². The minimum absolute atomic E-state index is 0.756. The van der Waals surface area contributed by atoms with Gasteiger partial charge in [0.05, 0.1) is 18.8 Å². The summed E-state index contributed by atoms with van der Waals surface area (Å²) in [5.41, 5.74) is 2.25. The minimum Gasteiger partial charge on any atom is -0.494 e. The van der Waals surface area contributed by atoms with Gasteiger partial charge in [0.1, 0.15) is 5.75 Å². The number of anilines is 1. The van der Waals surface area contributed by atoms with Crippen LogP contribution in [0.2, 0.25) is 0 Å². The number of benzene rings is 1. The molecule has 0 aliphatic carbocycles. The zero-order valence-corrected chi connectivity index (χ0v) is 11.6. The van der Waals surface area contributed by atoms with Crippen LogP contribution >= 0.6 is 0 Å². The van der Waals surface area contributed by atoms with E-state index in [4.69, 9.17) is 4.74 Å². The molecule has 4 heteroatoms. The van der Waals surface area contributed by atoms with Crippen LogP contribution in [0.3, 0.4) is 0 Å². The molecule has 0 amide bonds. The van der Waals surface area contributed by atoms with Crippen molar-refractivity contribution in [3.63, 3.8) is 0 Å². The molecule has 0 saturated carbocycles. The maximum Gasteiger partial charge on any atom is 0.121 e. The molecule has 1 aromatic carbocycles. The van der Waals surface area contributed by atoms with E-state index in [0.29, 0.717) is 0 Å².